The van der Waals surface area contributed by atoms with Crippen LogP contribution in [0.2, 0.25) is 0 Å². The number of nitrogens with zero attached hydrogens (tertiary/aromatic N) is 1. The number of aliphatic imine (C=N–C) groups is 1. The van der Waals surface area contributed by atoms with E-state index in [1.807, 2.05) is 31.4 Å². The summed E-state index contributed by atoms with van der Waals surface area (Å²) in [5, 5.41) is 6.64. The molecule has 0 saturated carbocycles. The summed E-state index contributed by atoms with van der Waals surface area (Å²) in [5.74, 6) is -0.236. The van der Waals surface area contributed by atoms with Crippen molar-refractivity contribution in [3.63, 3.8) is 0 Å². The number of benzene rings is 1. The molecule has 0 bridgehead atoms. The van der Waals surface area contributed by atoms with Crippen LogP contribution in [0.25, 0.3) is 0 Å². The van der Waals surface area contributed by atoms with E-state index in [1.54, 1.807) is 13.1 Å². The highest BCUT2D eigenvalue weighted by Gasteiger charge is 2.10. The summed E-state index contributed by atoms with van der Waals surface area (Å²) < 4.78 is 0. The molecule has 0 spiro atoms. The number of nitrogens with one attached hydrogen (secondary N) is 2. The summed E-state index contributed by atoms with van der Waals surface area (Å²) in [5.41, 5.74) is 1.41. The Kier molecular flexibility index (Phi) is 5.56. The van der Waals surface area contributed by atoms with Gasteiger partial charge in [0.1, 0.15) is 0 Å². The van der Waals surface area contributed by atoms with Crippen molar-refractivity contribution in [2.24, 2.45) is 4.99 Å². The fraction of sp³-hybridized carbons (Fsp3) is 0.333. The lowest BCUT2D eigenvalue weighted by molar-refractivity contribution is 0.100. The Morgan fingerprint density at radius 1 is 1.41 bits per heavy atom. The van der Waals surface area contributed by atoms with Crippen LogP contribution in [-0.4, -0.2) is 30.9 Å². The molecule has 0 unspecified atom stereocenters. The summed E-state index contributed by atoms with van der Waals surface area (Å²) in [7, 11) is 1.75. The average Bonchev–Trinajstić information content (AvgIpc) is 2.36. The third-order valence-electron chi connectivity index (χ3n) is 2.14. The van der Waals surface area contributed by atoms with Crippen molar-refractivity contribution in [1.82, 2.24) is 5.32 Å². The highest BCUT2D eigenvalue weighted by Crippen LogP contribution is 2.16. The Bertz CT molecular complexity index is 412. The Balaban J connectivity index is 2.99. The van der Waals surface area contributed by atoms with Crippen molar-refractivity contribution in [3.05, 3.63) is 29.8 Å². The van der Waals surface area contributed by atoms with Crippen LogP contribution in [0.15, 0.2) is 29.3 Å². The van der Waals surface area contributed by atoms with Crippen molar-refractivity contribution in [1.29, 1.82) is 0 Å². The van der Waals surface area contributed by atoms with Crippen LogP contribution < -0.4 is 10.6 Å². The van der Waals surface area contributed by atoms with Gasteiger partial charge in [-0.25, -0.2) is 0 Å². The van der Waals surface area contributed by atoms with E-state index in [2.05, 4.69) is 15.6 Å². The molecule has 92 valence electrons. The zero-order chi connectivity index (χ0) is 12.7. The van der Waals surface area contributed by atoms with Crippen LogP contribution in [-0.2, 0) is 0 Å². The molecule has 4 nitrogen and oxygen atoms in total. The zero-order valence-electron chi connectivity index (χ0n) is 10.3. The third kappa shape index (κ3) is 3.78. The molecule has 0 aliphatic rings. The van der Waals surface area contributed by atoms with Gasteiger partial charge in [-0.15, -0.1) is 0 Å². The van der Waals surface area contributed by atoms with Gasteiger partial charge in [-0.3, -0.25) is 4.79 Å². The van der Waals surface area contributed by atoms with Crippen LogP contribution >= 0.6 is 11.8 Å². The predicted octanol–water partition coefficient (Wildman–Crippen LogP) is 2.20. The normalized spacial score (nSPS) is 11.1. The number of amides is 1. The smallest absolute Gasteiger partial charge is 0.281 e. The van der Waals surface area contributed by atoms with Gasteiger partial charge in [-0.05, 0) is 25.3 Å². The number of anilines is 1. The minimum atomic E-state index is -0.236. The number of para-hydroxylation sites is 1. The number of hydrogen-bond acceptors (Lipinski definition) is 3. The molecule has 1 rings (SSSR count). The standard InChI is InChI=1S/C12H17N3OS/c1-4-14-10-8-6-5-7-9(10)11(16)15-12(13-2)17-3/h5-8,14H,4H2,1-3H3,(H,13,15,16). The number of carbonyl (C=O) groups excluding carboxylic acids is 1. The molecular weight excluding hydrogens is 234 g/mol. The van der Waals surface area contributed by atoms with Crippen LogP contribution in [0.4, 0.5) is 5.69 Å². The summed E-state index contributed by atoms with van der Waals surface area (Å²) >= 11 is 1.41. The van der Waals surface area contributed by atoms with Crippen LogP contribution in [0.3, 0.4) is 0 Å². The largest absolute Gasteiger partial charge is 0.385 e. The lowest BCUT2D eigenvalue weighted by Gasteiger charge is -2.08. The van der Waals surface area contributed by atoms with Crippen LogP contribution in [0, 0.1) is 0 Å². The van der Waals surface area contributed by atoms with Crippen LogP contribution in [0.1, 0.15) is 17.3 Å². The molecule has 0 heterocycles. The highest BCUT2D eigenvalue weighted by molar-refractivity contribution is 8.13. The van der Waals surface area contributed by atoms with Gasteiger partial charge >= 0.3 is 0 Å². The second-order valence-electron chi connectivity index (χ2n) is 3.25. The Labute approximate surface area is 106 Å². The topological polar surface area (TPSA) is 53.5 Å². The van der Waals surface area contributed by atoms with Crippen molar-refractivity contribution >= 4 is 28.5 Å². The van der Waals surface area contributed by atoms with Gasteiger partial charge < -0.3 is 10.6 Å². The lowest BCUT2D eigenvalue weighted by Crippen LogP contribution is -2.16. The average molecular weight is 251 g/mol. The van der Waals surface area contributed by atoms with Crippen molar-refractivity contribution in [2.45, 2.75) is 6.92 Å². The predicted molar refractivity (Wildman–Crippen MR) is 74.9 cm³/mol. The molecule has 0 aliphatic heterocycles. The molecular formula is C12H17N3OS. The van der Waals surface area contributed by atoms with Crippen molar-refractivity contribution in [3.8, 4) is 0 Å². The molecule has 0 radical (unpaired) electrons. The first-order valence-corrected chi connectivity index (χ1v) is 6.63. The van der Waals surface area contributed by atoms with Gasteiger partial charge in [0.2, 0.25) is 0 Å². The molecule has 5 heteroatoms. The van der Waals surface area contributed by atoms with Gasteiger partial charge in [-0.2, -0.15) is 4.99 Å². The molecule has 2 N–H and O–H groups in total. The molecule has 0 aromatic heterocycles. The maximum Gasteiger partial charge on any atom is 0.281 e. The quantitative estimate of drug-likeness (QED) is 0.639. The highest BCUT2D eigenvalue weighted by atomic mass is 32.2. The van der Waals surface area contributed by atoms with E-state index in [9.17, 15) is 4.79 Å². The summed E-state index contributed by atoms with van der Waals surface area (Å²) in [6, 6.07) is 7.38. The minimum Gasteiger partial charge on any atom is -0.385 e. The van der Waals surface area contributed by atoms with E-state index in [0.29, 0.717) is 10.7 Å². The first-order chi connectivity index (χ1) is 8.22. The lowest BCUT2D eigenvalue weighted by atomic mass is 10.1. The molecule has 1 amide bonds. The fourth-order valence-electron chi connectivity index (χ4n) is 1.37. The fourth-order valence-corrected chi connectivity index (χ4v) is 1.75. The Morgan fingerprint density at radius 3 is 2.71 bits per heavy atom. The summed E-state index contributed by atoms with van der Waals surface area (Å²) in [4.78, 5) is 16.0. The SMILES string of the molecule is CCNc1ccccc1C(=O)N=C(NC)SC. The van der Waals surface area contributed by atoms with E-state index in [0.717, 1.165) is 12.2 Å². The van der Waals surface area contributed by atoms with E-state index < -0.39 is 0 Å². The van der Waals surface area contributed by atoms with Crippen molar-refractivity contribution in [2.75, 3.05) is 25.2 Å². The van der Waals surface area contributed by atoms with E-state index in [-0.39, 0.29) is 5.91 Å². The van der Waals surface area contributed by atoms with Gasteiger partial charge in [0.05, 0.1) is 5.56 Å². The molecule has 17 heavy (non-hydrogen) atoms. The second kappa shape index (κ2) is 6.96. The third-order valence-corrected chi connectivity index (χ3v) is 2.82. The van der Waals surface area contributed by atoms with E-state index in [4.69, 9.17) is 0 Å². The monoisotopic (exact) mass is 251 g/mol. The molecule has 0 aliphatic carbocycles. The second-order valence-corrected chi connectivity index (χ2v) is 4.05. The van der Waals surface area contributed by atoms with Gasteiger partial charge in [0.15, 0.2) is 5.17 Å². The zero-order valence-corrected chi connectivity index (χ0v) is 11.1. The number of thioether (sulfide) groups is 1. The maximum atomic E-state index is 12.0. The number of hydrogen-bond donors (Lipinski definition) is 2. The van der Waals surface area contributed by atoms with Gasteiger partial charge in [0.25, 0.3) is 5.91 Å². The minimum absolute atomic E-state index is 0.236. The number of amidine groups is 1. The van der Waals surface area contributed by atoms with Crippen molar-refractivity contribution < 1.29 is 4.79 Å². The molecule has 1 aromatic rings. The summed E-state index contributed by atoms with van der Waals surface area (Å²) in [6.07, 6.45) is 1.87. The Hall–Kier alpha value is -1.49. The first kappa shape index (κ1) is 13.6. The first-order valence-electron chi connectivity index (χ1n) is 5.40. The van der Waals surface area contributed by atoms with Gasteiger partial charge in [-0.1, -0.05) is 23.9 Å². The van der Waals surface area contributed by atoms with E-state index >= 15 is 0 Å². The molecule has 1 aromatic carbocycles. The summed E-state index contributed by atoms with van der Waals surface area (Å²) in [6.45, 7) is 2.76. The molecule has 0 saturated heterocycles. The van der Waals surface area contributed by atoms with Crippen LogP contribution in [0.5, 0.6) is 0 Å². The Morgan fingerprint density at radius 2 is 2.12 bits per heavy atom. The van der Waals surface area contributed by atoms with Gasteiger partial charge in [0, 0.05) is 19.3 Å². The maximum absolute atomic E-state index is 12.0. The molecule has 0 atom stereocenters. The molecule has 0 fully saturated rings. The number of carbonyl (C=O) groups is 1. The van der Waals surface area contributed by atoms with E-state index in [1.165, 1.54) is 11.8 Å². The number of rotatable bonds is 3.